The van der Waals surface area contributed by atoms with Gasteiger partial charge in [-0.05, 0) is 24.5 Å². The number of carbonyl (C=O) groups excluding carboxylic acids is 1. The number of aromatic nitrogens is 1. The summed E-state index contributed by atoms with van der Waals surface area (Å²) in [7, 11) is 1.59. The van der Waals surface area contributed by atoms with Gasteiger partial charge in [0, 0.05) is 25.5 Å². The molecule has 0 spiro atoms. The second kappa shape index (κ2) is 8.93. The highest BCUT2D eigenvalue weighted by Crippen LogP contribution is 2.13. The molecule has 6 heteroatoms. The summed E-state index contributed by atoms with van der Waals surface area (Å²) in [5.74, 6) is 0.295. The molecule has 0 aliphatic rings. The molecule has 0 aliphatic carbocycles. The van der Waals surface area contributed by atoms with Crippen molar-refractivity contribution < 1.29 is 9.53 Å². The van der Waals surface area contributed by atoms with Gasteiger partial charge in [-0.2, -0.15) is 5.26 Å². The molecule has 1 atom stereocenters. The monoisotopic (exact) mass is 290 g/mol. The van der Waals surface area contributed by atoms with Crippen LogP contribution < -0.4 is 10.6 Å². The Labute approximate surface area is 125 Å². The van der Waals surface area contributed by atoms with E-state index < -0.39 is 0 Å². The van der Waals surface area contributed by atoms with Crippen molar-refractivity contribution in [1.82, 2.24) is 10.3 Å². The SMILES string of the molecule is COCCNC(=O)[C@H](CC(C)C)Nc1ccnc(C#N)c1. The van der Waals surface area contributed by atoms with Gasteiger partial charge in [-0.25, -0.2) is 4.98 Å². The third-order valence-corrected chi connectivity index (χ3v) is 2.84. The molecule has 1 amide bonds. The van der Waals surface area contributed by atoms with E-state index in [0.29, 0.717) is 36.9 Å². The summed E-state index contributed by atoms with van der Waals surface area (Å²) < 4.78 is 4.92. The lowest BCUT2D eigenvalue weighted by Gasteiger charge is -2.21. The quantitative estimate of drug-likeness (QED) is 0.709. The van der Waals surface area contributed by atoms with Gasteiger partial charge in [-0.15, -0.1) is 0 Å². The van der Waals surface area contributed by atoms with E-state index in [1.807, 2.05) is 6.07 Å². The summed E-state index contributed by atoms with van der Waals surface area (Å²) in [5, 5.41) is 14.9. The Morgan fingerprint density at radius 2 is 2.29 bits per heavy atom. The van der Waals surface area contributed by atoms with Crippen molar-refractivity contribution in [3.63, 3.8) is 0 Å². The lowest BCUT2D eigenvalue weighted by Crippen LogP contribution is -2.41. The number of nitriles is 1. The van der Waals surface area contributed by atoms with Gasteiger partial charge in [0.15, 0.2) is 0 Å². The number of hydrogen-bond donors (Lipinski definition) is 2. The van der Waals surface area contributed by atoms with Crippen LogP contribution in [-0.2, 0) is 9.53 Å². The van der Waals surface area contributed by atoms with Gasteiger partial charge < -0.3 is 15.4 Å². The zero-order valence-electron chi connectivity index (χ0n) is 12.7. The molecule has 1 aromatic rings. The van der Waals surface area contributed by atoms with Crippen LogP contribution in [0.15, 0.2) is 18.3 Å². The summed E-state index contributed by atoms with van der Waals surface area (Å²) in [4.78, 5) is 16.1. The molecule has 0 saturated heterocycles. The average Bonchev–Trinajstić information content (AvgIpc) is 2.46. The summed E-state index contributed by atoms with van der Waals surface area (Å²) in [6, 6.07) is 5.01. The molecule has 0 aliphatic heterocycles. The first kappa shape index (κ1) is 16.9. The lowest BCUT2D eigenvalue weighted by atomic mass is 10.0. The number of pyridine rings is 1. The fraction of sp³-hybridized carbons (Fsp3) is 0.533. The molecule has 21 heavy (non-hydrogen) atoms. The number of ether oxygens (including phenoxy) is 1. The van der Waals surface area contributed by atoms with Crippen LogP contribution in [0.5, 0.6) is 0 Å². The third-order valence-electron chi connectivity index (χ3n) is 2.84. The van der Waals surface area contributed by atoms with Crippen LogP contribution in [0.1, 0.15) is 26.0 Å². The van der Waals surface area contributed by atoms with E-state index in [0.717, 1.165) is 0 Å². The average molecular weight is 290 g/mol. The number of methoxy groups -OCH3 is 1. The van der Waals surface area contributed by atoms with Gasteiger partial charge in [0.1, 0.15) is 17.8 Å². The minimum absolute atomic E-state index is 0.0731. The number of anilines is 1. The van der Waals surface area contributed by atoms with Crippen molar-refractivity contribution in [3.8, 4) is 6.07 Å². The molecule has 2 N–H and O–H groups in total. The van der Waals surface area contributed by atoms with E-state index >= 15 is 0 Å². The fourth-order valence-electron chi connectivity index (χ4n) is 1.89. The number of amides is 1. The molecule has 0 fully saturated rings. The van der Waals surface area contributed by atoms with Crippen LogP contribution in [-0.4, -0.2) is 37.2 Å². The van der Waals surface area contributed by atoms with Crippen molar-refractivity contribution in [2.24, 2.45) is 5.92 Å². The first-order chi connectivity index (χ1) is 10.1. The van der Waals surface area contributed by atoms with E-state index in [4.69, 9.17) is 10.00 Å². The van der Waals surface area contributed by atoms with Crippen LogP contribution in [0.25, 0.3) is 0 Å². The highest BCUT2D eigenvalue weighted by molar-refractivity contribution is 5.84. The number of nitrogens with one attached hydrogen (secondary N) is 2. The minimum Gasteiger partial charge on any atom is -0.383 e. The topological polar surface area (TPSA) is 87.0 Å². The van der Waals surface area contributed by atoms with E-state index in [1.54, 1.807) is 25.4 Å². The van der Waals surface area contributed by atoms with E-state index in [-0.39, 0.29) is 11.9 Å². The Bertz CT molecular complexity index is 497. The normalized spacial score (nSPS) is 11.8. The van der Waals surface area contributed by atoms with Gasteiger partial charge in [0.05, 0.1) is 6.61 Å². The largest absolute Gasteiger partial charge is 0.383 e. The highest BCUT2D eigenvalue weighted by Gasteiger charge is 2.19. The molecular weight excluding hydrogens is 268 g/mol. The van der Waals surface area contributed by atoms with Crippen LogP contribution >= 0.6 is 0 Å². The summed E-state index contributed by atoms with van der Waals surface area (Å²) in [6.07, 6.45) is 2.25. The molecule has 0 saturated carbocycles. The second-order valence-corrected chi connectivity index (χ2v) is 5.15. The first-order valence-corrected chi connectivity index (χ1v) is 6.96. The van der Waals surface area contributed by atoms with Crippen molar-refractivity contribution in [1.29, 1.82) is 5.26 Å². The zero-order valence-corrected chi connectivity index (χ0v) is 12.7. The van der Waals surface area contributed by atoms with E-state index in [2.05, 4.69) is 29.5 Å². The van der Waals surface area contributed by atoms with E-state index in [9.17, 15) is 4.79 Å². The Kier molecular flexibility index (Phi) is 7.19. The summed E-state index contributed by atoms with van der Waals surface area (Å²) in [6.45, 7) is 5.08. The lowest BCUT2D eigenvalue weighted by molar-refractivity contribution is -0.122. The first-order valence-electron chi connectivity index (χ1n) is 6.96. The molecule has 0 unspecified atom stereocenters. The predicted octanol–water partition coefficient (Wildman–Crippen LogP) is 1.54. The molecule has 0 aromatic carbocycles. The van der Waals surface area contributed by atoms with E-state index in [1.165, 1.54) is 0 Å². The van der Waals surface area contributed by atoms with Crippen LogP contribution in [0.2, 0.25) is 0 Å². The predicted molar refractivity (Wildman–Crippen MR) is 80.7 cm³/mol. The van der Waals surface area contributed by atoms with Gasteiger partial charge in [-0.3, -0.25) is 4.79 Å². The van der Waals surface area contributed by atoms with Crippen LogP contribution in [0, 0.1) is 17.2 Å². The van der Waals surface area contributed by atoms with Crippen LogP contribution in [0.4, 0.5) is 5.69 Å². The molecule has 6 nitrogen and oxygen atoms in total. The Morgan fingerprint density at radius 1 is 1.52 bits per heavy atom. The minimum atomic E-state index is -0.351. The maximum absolute atomic E-state index is 12.2. The maximum atomic E-state index is 12.2. The van der Waals surface area contributed by atoms with Gasteiger partial charge >= 0.3 is 0 Å². The molecule has 0 radical (unpaired) electrons. The Balaban J connectivity index is 2.72. The number of nitrogens with zero attached hydrogens (tertiary/aromatic N) is 2. The van der Waals surface area contributed by atoms with Crippen molar-refractivity contribution >= 4 is 11.6 Å². The Hall–Kier alpha value is -2.13. The van der Waals surface area contributed by atoms with Gasteiger partial charge in [0.2, 0.25) is 5.91 Å². The number of carbonyl (C=O) groups is 1. The molecular formula is C15H22N4O2. The van der Waals surface area contributed by atoms with Crippen molar-refractivity contribution in [2.75, 3.05) is 25.6 Å². The standard InChI is InChI=1S/C15H22N4O2/c1-11(2)8-14(15(20)18-6-7-21-3)19-12-4-5-17-13(9-12)10-16/h4-5,9,11,14H,6-8H2,1-3H3,(H,17,19)(H,18,20)/t14-/m0/s1. The highest BCUT2D eigenvalue weighted by atomic mass is 16.5. The molecule has 1 rings (SSSR count). The molecule has 0 bridgehead atoms. The second-order valence-electron chi connectivity index (χ2n) is 5.15. The molecule has 114 valence electrons. The molecule has 1 aromatic heterocycles. The Morgan fingerprint density at radius 3 is 2.90 bits per heavy atom. The smallest absolute Gasteiger partial charge is 0.242 e. The van der Waals surface area contributed by atoms with Gasteiger partial charge in [-0.1, -0.05) is 13.8 Å². The van der Waals surface area contributed by atoms with Gasteiger partial charge in [0.25, 0.3) is 0 Å². The maximum Gasteiger partial charge on any atom is 0.242 e. The summed E-state index contributed by atoms with van der Waals surface area (Å²) in [5.41, 5.74) is 1.04. The van der Waals surface area contributed by atoms with Crippen molar-refractivity contribution in [3.05, 3.63) is 24.0 Å². The number of hydrogen-bond acceptors (Lipinski definition) is 5. The fourth-order valence-corrected chi connectivity index (χ4v) is 1.89. The van der Waals surface area contributed by atoms with Crippen LogP contribution in [0.3, 0.4) is 0 Å². The van der Waals surface area contributed by atoms with Crippen molar-refractivity contribution in [2.45, 2.75) is 26.3 Å². The summed E-state index contributed by atoms with van der Waals surface area (Å²) >= 11 is 0. The third kappa shape index (κ3) is 6.23. The number of rotatable bonds is 8. The molecule has 1 heterocycles. The zero-order chi connectivity index (χ0) is 15.7.